The van der Waals surface area contributed by atoms with Crippen molar-refractivity contribution in [3.05, 3.63) is 70.7 Å². The van der Waals surface area contributed by atoms with Crippen molar-refractivity contribution >= 4 is 28.8 Å². The number of hydrogen-bond acceptors (Lipinski definition) is 4. The van der Waals surface area contributed by atoms with E-state index in [1.54, 1.807) is 23.1 Å². The zero-order chi connectivity index (χ0) is 20.1. The van der Waals surface area contributed by atoms with E-state index in [0.717, 1.165) is 23.1 Å². The van der Waals surface area contributed by atoms with Crippen molar-refractivity contribution in [2.45, 2.75) is 12.2 Å². The van der Waals surface area contributed by atoms with Gasteiger partial charge in [0.1, 0.15) is 6.04 Å². The third-order valence-electron chi connectivity index (χ3n) is 3.83. The van der Waals surface area contributed by atoms with Gasteiger partial charge in [-0.2, -0.15) is 18.3 Å². The predicted octanol–water partition coefficient (Wildman–Crippen LogP) is 3.31. The molecule has 3 rings (SSSR count). The molecule has 0 radical (unpaired) electrons. The maximum Gasteiger partial charge on any atom is 0.416 e. The van der Waals surface area contributed by atoms with Gasteiger partial charge in [0.2, 0.25) is 0 Å². The number of aromatic nitrogens is 2. The van der Waals surface area contributed by atoms with Crippen molar-refractivity contribution in [2.24, 2.45) is 0 Å². The van der Waals surface area contributed by atoms with Crippen LogP contribution >= 0.6 is 11.3 Å². The molecule has 0 aliphatic carbocycles. The quantitative estimate of drug-likeness (QED) is 0.636. The number of carbonyl (C=O) groups is 2. The van der Waals surface area contributed by atoms with Crippen LogP contribution in [-0.2, 0) is 15.8 Å². The van der Waals surface area contributed by atoms with E-state index in [9.17, 15) is 22.8 Å². The molecule has 1 atom stereocenters. The van der Waals surface area contributed by atoms with Crippen LogP contribution in [0.2, 0.25) is 0 Å². The monoisotopic (exact) mass is 408 g/mol. The van der Waals surface area contributed by atoms with Crippen LogP contribution < -0.4 is 10.6 Å². The molecule has 2 aromatic heterocycles. The zero-order valence-electron chi connectivity index (χ0n) is 14.3. The smallest absolute Gasteiger partial charge is 0.345 e. The van der Waals surface area contributed by atoms with Crippen LogP contribution in [0.1, 0.15) is 16.5 Å². The number of carbonyl (C=O) groups excluding carboxylic acids is 2. The highest BCUT2D eigenvalue weighted by molar-refractivity contribution is 7.10. The van der Waals surface area contributed by atoms with Crippen LogP contribution in [0.4, 0.5) is 18.9 Å². The summed E-state index contributed by atoms with van der Waals surface area (Å²) >= 11 is 1.48. The lowest BCUT2D eigenvalue weighted by molar-refractivity contribution is -0.137. The Morgan fingerprint density at radius 1 is 1.14 bits per heavy atom. The molecular formula is C18H15F3N4O2S. The molecule has 3 aromatic rings. The number of rotatable bonds is 5. The van der Waals surface area contributed by atoms with Crippen molar-refractivity contribution in [1.82, 2.24) is 15.1 Å². The van der Waals surface area contributed by atoms with Gasteiger partial charge in [-0.25, -0.2) is 0 Å². The first-order valence-corrected chi connectivity index (χ1v) is 9.01. The summed E-state index contributed by atoms with van der Waals surface area (Å²) in [4.78, 5) is 25.1. The first-order chi connectivity index (χ1) is 13.3. The Morgan fingerprint density at radius 2 is 1.96 bits per heavy atom. The summed E-state index contributed by atoms with van der Waals surface area (Å²) in [6.07, 6.45) is -1.21. The molecule has 2 heterocycles. The van der Waals surface area contributed by atoms with Crippen molar-refractivity contribution in [1.29, 1.82) is 0 Å². The summed E-state index contributed by atoms with van der Waals surface area (Å²) in [7, 11) is 0. The fourth-order valence-electron chi connectivity index (χ4n) is 2.50. The van der Waals surface area contributed by atoms with E-state index in [0.29, 0.717) is 0 Å². The third kappa shape index (κ3) is 4.77. The fourth-order valence-corrected chi connectivity index (χ4v) is 3.32. The zero-order valence-corrected chi connectivity index (χ0v) is 15.1. The Hall–Kier alpha value is -3.14. The van der Waals surface area contributed by atoms with Gasteiger partial charge < -0.3 is 10.6 Å². The molecule has 0 fully saturated rings. The number of nitrogens with zero attached hydrogens (tertiary/aromatic N) is 2. The minimum atomic E-state index is -4.54. The highest BCUT2D eigenvalue weighted by Gasteiger charge is 2.30. The molecule has 1 unspecified atom stereocenters. The first kappa shape index (κ1) is 19.6. The molecule has 146 valence electrons. The number of hydrogen-bond donors (Lipinski definition) is 2. The molecule has 0 aliphatic heterocycles. The van der Waals surface area contributed by atoms with Crippen LogP contribution in [0, 0.1) is 0 Å². The fraction of sp³-hybridized carbons (Fsp3) is 0.167. The lowest BCUT2D eigenvalue weighted by Crippen LogP contribution is -2.38. The van der Waals surface area contributed by atoms with Crippen LogP contribution in [0.15, 0.2) is 60.2 Å². The van der Waals surface area contributed by atoms with Crippen molar-refractivity contribution in [3.63, 3.8) is 0 Å². The lowest BCUT2D eigenvalue weighted by atomic mass is 10.2. The largest absolute Gasteiger partial charge is 0.416 e. The number of halogens is 3. The van der Waals surface area contributed by atoms with Gasteiger partial charge in [0.25, 0.3) is 0 Å². The summed E-state index contributed by atoms with van der Waals surface area (Å²) in [6.45, 7) is 0.0943. The van der Waals surface area contributed by atoms with Gasteiger partial charge in [0.15, 0.2) is 0 Å². The van der Waals surface area contributed by atoms with Gasteiger partial charge >= 0.3 is 18.0 Å². The van der Waals surface area contributed by atoms with Crippen LogP contribution in [0.3, 0.4) is 0 Å². The van der Waals surface area contributed by atoms with Gasteiger partial charge in [-0.1, -0.05) is 12.1 Å². The second kappa shape index (κ2) is 8.26. The number of thiophene rings is 1. The van der Waals surface area contributed by atoms with E-state index in [2.05, 4.69) is 15.7 Å². The Labute approximate surface area is 162 Å². The minimum absolute atomic E-state index is 0.0943. The molecule has 10 heteroatoms. The van der Waals surface area contributed by atoms with E-state index in [1.165, 1.54) is 17.4 Å². The summed E-state index contributed by atoms with van der Waals surface area (Å²) in [5.41, 5.74) is -1.03. The standard InChI is InChI=1S/C18H15F3N4O2S/c19-18(20,21)12-4-1-5-13(10-12)24-17(27)16(26)22-11-14(15-6-2-9-28-15)25-8-3-7-23-25/h1-10,14H,11H2,(H,22,26)(H,24,27). The SMILES string of the molecule is O=C(NCC(c1cccs1)n1cccn1)C(=O)Nc1cccc(C(F)(F)F)c1. The maximum atomic E-state index is 12.7. The van der Waals surface area contributed by atoms with Gasteiger partial charge in [-0.15, -0.1) is 11.3 Å². The van der Waals surface area contributed by atoms with Gasteiger partial charge in [-0.3, -0.25) is 14.3 Å². The lowest BCUT2D eigenvalue weighted by Gasteiger charge is -2.17. The molecule has 28 heavy (non-hydrogen) atoms. The highest BCUT2D eigenvalue weighted by Crippen LogP contribution is 2.30. The number of alkyl halides is 3. The summed E-state index contributed by atoms with van der Waals surface area (Å²) in [5, 5.41) is 10.7. The van der Waals surface area contributed by atoms with Crippen molar-refractivity contribution in [3.8, 4) is 0 Å². The molecule has 2 N–H and O–H groups in total. The Kier molecular flexibility index (Phi) is 5.78. The summed E-state index contributed by atoms with van der Waals surface area (Å²) in [6, 6.07) is 9.25. The summed E-state index contributed by atoms with van der Waals surface area (Å²) in [5.74, 6) is -2.00. The second-order valence-electron chi connectivity index (χ2n) is 5.76. The molecule has 1 aromatic carbocycles. The van der Waals surface area contributed by atoms with Crippen LogP contribution in [-0.4, -0.2) is 28.1 Å². The van der Waals surface area contributed by atoms with Crippen molar-refractivity contribution in [2.75, 3.05) is 11.9 Å². The average molecular weight is 408 g/mol. The minimum Gasteiger partial charge on any atom is -0.345 e. The average Bonchev–Trinajstić information content (AvgIpc) is 3.36. The second-order valence-corrected chi connectivity index (χ2v) is 6.74. The van der Waals surface area contributed by atoms with Gasteiger partial charge in [0.05, 0.1) is 5.56 Å². The van der Waals surface area contributed by atoms with Crippen molar-refractivity contribution < 1.29 is 22.8 Å². The number of amides is 2. The number of anilines is 1. The Morgan fingerprint density at radius 3 is 2.61 bits per heavy atom. The molecule has 2 amide bonds. The predicted molar refractivity (Wildman–Crippen MR) is 97.8 cm³/mol. The highest BCUT2D eigenvalue weighted by atomic mass is 32.1. The Balaban J connectivity index is 1.63. The third-order valence-corrected chi connectivity index (χ3v) is 4.80. The molecule has 0 aliphatic rings. The molecular weight excluding hydrogens is 393 g/mol. The Bertz CT molecular complexity index is 906. The molecule has 0 saturated carbocycles. The van der Waals surface area contributed by atoms with E-state index in [-0.39, 0.29) is 18.3 Å². The van der Waals surface area contributed by atoms with E-state index in [4.69, 9.17) is 0 Å². The van der Waals surface area contributed by atoms with Crippen LogP contribution in [0.25, 0.3) is 0 Å². The topological polar surface area (TPSA) is 76.0 Å². The maximum absolute atomic E-state index is 12.7. The number of nitrogens with one attached hydrogen (secondary N) is 2. The molecule has 0 bridgehead atoms. The molecule has 0 saturated heterocycles. The van der Waals surface area contributed by atoms with Gasteiger partial charge in [-0.05, 0) is 35.7 Å². The molecule has 0 spiro atoms. The van der Waals surface area contributed by atoms with E-state index in [1.807, 2.05) is 17.5 Å². The summed E-state index contributed by atoms with van der Waals surface area (Å²) < 4.78 is 39.9. The first-order valence-electron chi connectivity index (χ1n) is 8.13. The van der Waals surface area contributed by atoms with E-state index < -0.39 is 23.6 Å². The normalized spacial score (nSPS) is 12.4. The van der Waals surface area contributed by atoms with Gasteiger partial charge in [0, 0.05) is 29.5 Å². The van der Waals surface area contributed by atoms with Crippen LogP contribution in [0.5, 0.6) is 0 Å². The van der Waals surface area contributed by atoms with E-state index >= 15 is 0 Å². The molecule has 6 nitrogen and oxygen atoms in total. The number of benzene rings is 1.